The van der Waals surface area contributed by atoms with Crippen molar-refractivity contribution in [3.63, 3.8) is 0 Å². The van der Waals surface area contributed by atoms with Crippen LogP contribution in [0, 0.1) is 17.2 Å². The van der Waals surface area contributed by atoms with Gasteiger partial charge in [0.25, 0.3) is 0 Å². The van der Waals surface area contributed by atoms with E-state index in [1.807, 2.05) is 30.0 Å². The Morgan fingerprint density at radius 2 is 2.33 bits per heavy atom. The number of carboxylic acid groups (broad SMARTS) is 1. The van der Waals surface area contributed by atoms with Gasteiger partial charge in [-0.25, -0.2) is 4.79 Å². The zero-order valence-corrected chi connectivity index (χ0v) is 13.2. The largest absolute Gasteiger partial charge is 0.480 e. The Balaban J connectivity index is 2.42. The Bertz CT molecular complexity index is 568. The van der Waals surface area contributed by atoms with Gasteiger partial charge >= 0.3 is 5.97 Å². The van der Waals surface area contributed by atoms with Gasteiger partial charge in [0.15, 0.2) is 0 Å². The predicted octanol–water partition coefficient (Wildman–Crippen LogP) is 3.36. The SMILES string of the molecule is CCSc1cccc(N2CCC(C)CC2C(=O)O)c1C#N. The zero-order chi connectivity index (χ0) is 15.4. The van der Waals surface area contributed by atoms with Crippen molar-refractivity contribution in [1.29, 1.82) is 5.26 Å². The number of rotatable bonds is 4. The highest BCUT2D eigenvalue weighted by Gasteiger charge is 2.33. The number of aliphatic carboxylic acids is 1. The van der Waals surface area contributed by atoms with Crippen molar-refractivity contribution in [3.05, 3.63) is 23.8 Å². The van der Waals surface area contributed by atoms with Crippen molar-refractivity contribution in [2.75, 3.05) is 17.2 Å². The van der Waals surface area contributed by atoms with Gasteiger partial charge in [-0.15, -0.1) is 11.8 Å². The second-order valence-electron chi connectivity index (χ2n) is 5.37. The first-order valence-electron chi connectivity index (χ1n) is 7.23. The molecule has 0 radical (unpaired) electrons. The van der Waals surface area contributed by atoms with E-state index in [1.54, 1.807) is 11.8 Å². The monoisotopic (exact) mass is 304 g/mol. The molecule has 1 aliphatic rings. The van der Waals surface area contributed by atoms with Crippen molar-refractivity contribution < 1.29 is 9.90 Å². The summed E-state index contributed by atoms with van der Waals surface area (Å²) < 4.78 is 0. The fraction of sp³-hybridized carbons (Fsp3) is 0.500. The number of thioether (sulfide) groups is 1. The van der Waals surface area contributed by atoms with E-state index in [1.165, 1.54) is 0 Å². The van der Waals surface area contributed by atoms with E-state index < -0.39 is 12.0 Å². The highest BCUT2D eigenvalue weighted by Crippen LogP contribution is 2.34. The molecule has 1 fully saturated rings. The molecule has 1 aromatic carbocycles. The maximum absolute atomic E-state index is 11.6. The van der Waals surface area contributed by atoms with Crippen LogP contribution in [-0.4, -0.2) is 29.4 Å². The molecule has 5 heteroatoms. The minimum Gasteiger partial charge on any atom is -0.480 e. The van der Waals surface area contributed by atoms with Crippen LogP contribution in [-0.2, 0) is 4.79 Å². The van der Waals surface area contributed by atoms with Gasteiger partial charge in [0.2, 0.25) is 0 Å². The zero-order valence-electron chi connectivity index (χ0n) is 12.4. The number of nitriles is 1. The fourth-order valence-electron chi connectivity index (χ4n) is 2.81. The number of benzene rings is 1. The summed E-state index contributed by atoms with van der Waals surface area (Å²) in [6.45, 7) is 4.82. The Labute approximate surface area is 129 Å². The molecule has 2 unspecified atom stereocenters. The van der Waals surface area contributed by atoms with Crippen molar-refractivity contribution in [1.82, 2.24) is 0 Å². The van der Waals surface area contributed by atoms with Crippen molar-refractivity contribution in [3.8, 4) is 6.07 Å². The van der Waals surface area contributed by atoms with E-state index >= 15 is 0 Å². The highest BCUT2D eigenvalue weighted by molar-refractivity contribution is 7.99. The Morgan fingerprint density at radius 1 is 1.57 bits per heavy atom. The normalized spacial score (nSPS) is 21.9. The Kier molecular flexibility index (Phi) is 5.13. The standard InChI is InChI=1S/C16H20N2O2S/c1-3-21-15-6-4-5-13(12(15)10-17)18-8-7-11(2)9-14(18)16(19)20/h4-6,11,14H,3,7-9H2,1-2H3,(H,19,20). The van der Waals surface area contributed by atoms with Crippen LogP contribution >= 0.6 is 11.8 Å². The minimum absolute atomic E-state index is 0.404. The van der Waals surface area contributed by atoms with E-state index in [-0.39, 0.29) is 0 Å². The number of carbonyl (C=O) groups is 1. The van der Waals surface area contributed by atoms with E-state index in [0.717, 1.165) is 22.8 Å². The Morgan fingerprint density at radius 3 is 2.95 bits per heavy atom. The van der Waals surface area contributed by atoms with Crippen molar-refractivity contribution >= 4 is 23.4 Å². The van der Waals surface area contributed by atoms with Crippen LogP contribution in [0.2, 0.25) is 0 Å². The molecule has 1 saturated heterocycles. The third kappa shape index (κ3) is 3.33. The van der Waals surface area contributed by atoms with Crippen LogP contribution in [0.5, 0.6) is 0 Å². The first-order chi connectivity index (χ1) is 10.1. The summed E-state index contributed by atoms with van der Waals surface area (Å²) in [7, 11) is 0. The van der Waals surface area contributed by atoms with E-state index in [4.69, 9.17) is 0 Å². The smallest absolute Gasteiger partial charge is 0.326 e. The third-order valence-electron chi connectivity index (χ3n) is 3.88. The molecule has 0 aromatic heterocycles. The summed E-state index contributed by atoms with van der Waals surface area (Å²) in [4.78, 5) is 14.4. The first-order valence-corrected chi connectivity index (χ1v) is 8.22. The molecule has 1 aromatic rings. The van der Waals surface area contributed by atoms with Crippen molar-refractivity contribution in [2.45, 2.75) is 37.6 Å². The van der Waals surface area contributed by atoms with E-state index in [2.05, 4.69) is 13.0 Å². The van der Waals surface area contributed by atoms with Gasteiger partial charge in [-0.2, -0.15) is 5.26 Å². The highest BCUT2D eigenvalue weighted by atomic mass is 32.2. The van der Waals surface area contributed by atoms with Crippen LogP contribution in [0.25, 0.3) is 0 Å². The molecule has 21 heavy (non-hydrogen) atoms. The predicted molar refractivity (Wildman–Crippen MR) is 84.7 cm³/mol. The average molecular weight is 304 g/mol. The molecule has 0 spiro atoms. The number of hydrogen-bond acceptors (Lipinski definition) is 4. The van der Waals surface area contributed by atoms with Crippen LogP contribution in [0.15, 0.2) is 23.1 Å². The van der Waals surface area contributed by atoms with E-state index in [0.29, 0.717) is 24.4 Å². The second kappa shape index (κ2) is 6.86. The first kappa shape index (κ1) is 15.7. The fourth-order valence-corrected chi connectivity index (χ4v) is 3.59. The number of nitrogens with zero attached hydrogens (tertiary/aromatic N) is 2. The lowest BCUT2D eigenvalue weighted by molar-refractivity contribution is -0.139. The molecule has 1 aliphatic heterocycles. The number of anilines is 1. The lowest BCUT2D eigenvalue weighted by Gasteiger charge is -2.38. The summed E-state index contributed by atoms with van der Waals surface area (Å²) in [5.41, 5.74) is 1.36. The van der Waals surface area contributed by atoms with Gasteiger partial charge in [0, 0.05) is 11.4 Å². The lowest BCUT2D eigenvalue weighted by atomic mass is 9.91. The molecule has 1 N–H and O–H groups in total. The molecule has 0 aliphatic carbocycles. The number of hydrogen-bond donors (Lipinski definition) is 1. The summed E-state index contributed by atoms with van der Waals surface area (Å²) in [5.74, 6) is 0.484. The molecule has 112 valence electrons. The van der Waals surface area contributed by atoms with Crippen molar-refractivity contribution in [2.24, 2.45) is 5.92 Å². The minimum atomic E-state index is -0.806. The van der Waals surface area contributed by atoms with Gasteiger partial charge in [0.05, 0.1) is 11.3 Å². The quantitative estimate of drug-likeness (QED) is 0.864. The van der Waals surface area contributed by atoms with Crippen LogP contribution in [0.4, 0.5) is 5.69 Å². The van der Waals surface area contributed by atoms with Crippen LogP contribution in [0.1, 0.15) is 32.3 Å². The van der Waals surface area contributed by atoms with Gasteiger partial charge < -0.3 is 10.0 Å². The van der Waals surface area contributed by atoms with Gasteiger partial charge in [-0.05, 0) is 36.6 Å². The summed E-state index contributed by atoms with van der Waals surface area (Å²) in [6.07, 6.45) is 1.59. The molecule has 0 amide bonds. The number of piperidine rings is 1. The summed E-state index contributed by atoms with van der Waals surface area (Å²) >= 11 is 1.62. The van der Waals surface area contributed by atoms with Crippen LogP contribution < -0.4 is 4.90 Å². The van der Waals surface area contributed by atoms with Gasteiger partial charge in [-0.3, -0.25) is 0 Å². The average Bonchev–Trinajstić information content (AvgIpc) is 2.47. The maximum Gasteiger partial charge on any atom is 0.326 e. The molecule has 1 heterocycles. The molecule has 4 nitrogen and oxygen atoms in total. The Hall–Kier alpha value is -1.67. The molecule has 2 rings (SSSR count). The lowest BCUT2D eigenvalue weighted by Crippen LogP contribution is -2.47. The topological polar surface area (TPSA) is 64.3 Å². The van der Waals surface area contributed by atoms with Gasteiger partial charge in [0.1, 0.15) is 12.1 Å². The molecule has 2 atom stereocenters. The second-order valence-corrected chi connectivity index (χ2v) is 6.68. The van der Waals surface area contributed by atoms with Crippen LogP contribution in [0.3, 0.4) is 0 Å². The summed E-state index contributed by atoms with van der Waals surface area (Å²) in [6, 6.07) is 7.42. The molecule has 0 saturated carbocycles. The maximum atomic E-state index is 11.6. The molecular weight excluding hydrogens is 284 g/mol. The van der Waals surface area contributed by atoms with Gasteiger partial charge in [-0.1, -0.05) is 19.9 Å². The third-order valence-corrected chi connectivity index (χ3v) is 4.81. The molecule has 0 bridgehead atoms. The number of carboxylic acids is 1. The molecular formula is C16H20N2O2S. The van der Waals surface area contributed by atoms with E-state index in [9.17, 15) is 15.2 Å². The summed E-state index contributed by atoms with van der Waals surface area (Å²) in [5, 5.41) is 19.0.